The van der Waals surface area contributed by atoms with Crippen LogP contribution in [0.15, 0.2) is 69.9 Å². The molecular formula is C24H18FNO5. The summed E-state index contributed by atoms with van der Waals surface area (Å²) in [6.45, 7) is 3.00. The molecular weight excluding hydrogens is 401 g/mol. The highest BCUT2D eigenvalue weighted by atomic mass is 19.1. The second-order valence-corrected chi connectivity index (χ2v) is 7.07. The van der Waals surface area contributed by atoms with E-state index in [1.165, 1.54) is 12.1 Å². The number of aromatic nitrogens is 1. The predicted molar refractivity (Wildman–Crippen MR) is 112 cm³/mol. The van der Waals surface area contributed by atoms with Crippen LogP contribution >= 0.6 is 0 Å². The Labute approximate surface area is 176 Å². The van der Waals surface area contributed by atoms with Crippen molar-refractivity contribution in [3.8, 4) is 5.69 Å². The topological polar surface area (TPSA) is 78.5 Å². The van der Waals surface area contributed by atoms with Crippen molar-refractivity contribution in [3.63, 3.8) is 0 Å². The Bertz CT molecular complexity index is 1380. The van der Waals surface area contributed by atoms with E-state index in [-0.39, 0.29) is 22.6 Å². The van der Waals surface area contributed by atoms with Crippen molar-refractivity contribution < 1.29 is 23.1 Å². The van der Waals surface area contributed by atoms with Gasteiger partial charge in [0, 0.05) is 28.7 Å². The number of carbonyl (C=O) groups excluding carboxylic acids is 2. The third kappa shape index (κ3) is 3.90. The highest BCUT2D eigenvalue weighted by molar-refractivity contribution is 6.00. The van der Waals surface area contributed by atoms with Crippen LogP contribution in [0.5, 0.6) is 0 Å². The molecule has 7 heteroatoms. The van der Waals surface area contributed by atoms with Gasteiger partial charge in [-0.1, -0.05) is 18.2 Å². The van der Waals surface area contributed by atoms with E-state index in [0.29, 0.717) is 22.3 Å². The minimum atomic E-state index is -0.907. The molecule has 0 aliphatic rings. The fourth-order valence-electron chi connectivity index (χ4n) is 3.54. The standard InChI is InChI=1S/C24H18FNO5/c1-14-10-19(15(2)26(14)17-7-5-6-16(25)11-17)21(28)13-30-24(29)23-12-20(27)18-8-3-4-9-22(18)31-23/h3-12H,13H2,1-2H3. The number of Topliss-reactive ketones (excluding diaryl/α,β-unsaturated/α-hetero) is 1. The van der Waals surface area contributed by atoms with Crippen molar-refractivity contribution in [1.29, 1.82) is 0 Å². The van der Waals surface area contributed by atoms with E-state index >= 15 is 0 Å². The molecule has 0 aliphatic carbocycles. The molecule has 31 heavy (non-hydrogen) atoms. The molecule has 0 unspecified atom stereocenters. The maximum absolute atomic E-state index is 13.6. The number of hydrogen-bond donors (Lipinski definition) is 0. The summed E-state index contributed by atoms with van der Waals surface area (Å²) in [5, 5.41) is 0.347. The number of nitrogens with zero attached hydrogens (tertiary/aromatic N) is 1. The van der Waals surface area contributed by atoms with Crippen LogP contribution in [0.25, 0.3) is 16.7 Å². The molecule has 4 aromatic rings. The van der Waals surface area contributed by atoms with Crippen LogP contribution in [0.2, 0.25) is 0 Å². The van der Waals surface area contributed by atoms with E-state index in [4.69, 9.17) is 9.15 Å². The molecule has 0 amide bonds. The van der Waals surface area contributed by atoms with E-state index in [0.717, 1.165) is 11.8 Å². The van der Waals surface area contributed by atoms with Crippen molar-refractivity contribution in [2.45, 2.75) is 13.8 Å². The molecule has 0 atom stereocenters. The summed E-state index contributed by atoms with van der Waals surface area (Å²) in [6, 6.07) is 15.3. The van der Waals surface area contributed by atoms with E-state index in [2.05, 4.69) is 0 Å². The summed E-state index contributed by atoms with van der Waals surface area (Å²) in [4.78, 5) is 37.2. The van der Waals surface area contributed by atoms with Gasteiger partial charge >= 0.3 is 5.97 Å². The van der Waals surface area contributed by atoms with E-state index in [9.17, 15) is 18.8 Å². The van der Waals surface area contributed by atoms with Gasteiger partial charge in [0.1, 0.15) is 11.4 Å². The molecule has 0 aliphatic heterocycles. The number of hydrogen-bond acceptors (Lipinski definition) is 5. The van der Waals surface area contributed by atoms with E-state index in [1.54, 1.807) is 60.9 Å². The van der Waals surface area contributed by atoms with Gasteiger partial charge in [-0.15, -0.1) is 0 Å². The van der Waals surface area contributed by atoms with Crippen LogP contribution in [0, 0.1) is 19.7 Å². The van der Waals surface area contributed by atoms with Crippen molar-refractivity contribution in [2.75, 3.05) is 6.61 Å². The second kappa shape index (κ2) is 8.02. The minimum absolute atomic E-state index is 0.256. The largest absolute Gasteiger partial charge is 0.451 e. The van der Waals surface area contributed by atoms with Crippen molar-refractivity contribution >= 4 is 22.7 Å². The summed E-state index contributed by atoms with van der Waals surface area (Å²) >= 11 is 0. The molecule has 6 nitrogen and oxygen atoms in total. The molecule has 4 rings (SSSR count). The molecule has 0 N–H and O–H groups in total. The number of ketones is 1. The van der Waals surface area contributed by atoms with E-state index < -0.39 is 18.4 Å². The van der Waals surface area contributed by atoms with Crippen molar-refractivity contribution in [2.24, 2.45) is 0 Å². The Kier molecular flexibility index (Phi) is 5.25. The van der Waals surface area contributed by atoms with Crippen molar-refractivity contribution in [3.05, 3.63) is 99.4 Å². The van der Waals surface area contributed by atoms with Gasteiger partial charge in [0.25, 0.3) is 0 Å². The monoisotopic (exact) mass is 419 g/mol. The van der Waals surface area contributed by atoms with Crippen LogP contribution in [0.1, 0.15) is 32.3 Å². The number of ether oxygens (including phenoxy) is 1. The zero-order chi connectivity index (χ0) is 22.1. The van der Waals surface area contributed by atoms with Gasteiger partial charge < -0.3 is 13.7 Å². The van der Waals surface area contributed by atoms with Gasteiger partial charge in [0.05, 0.1) is 5.39 Å². The van der Waals surface area contributed by atoms with Gasteiger partial charge in [-0.25, -0.2) is 9.18 Å². The van der Waals surface area contributed by atoms with Gasteiger partial charge in [-0.3, -0.25) is 9.59 Å². The lowest BCUT2D eigenvalue weighted by molar-refractivity contribution is 0.0444. The zero-order valence-corrected chi connectivity index (χ0v) is 16.8. The lowest BCUT2D eigenvalue weighted by atomic mass is 10.1. The Morgan fingerprint density at radius 2 is 1.81 bits per heavy atom. The molecule has 0 saturated heterocycles. The average Bonchev–Trinajstić information content (AvgIpc) is 3.05. The SMILES string of the molecule is Cc1cc(C(=O)COC(=O)c2cc(=O)c3ccccc3o2)c(C)n1-c1cccc(F)c1. The number of halogens is 1. The predicted octanol–water partition coefficient (Wildman–Crippen LogP) is 4.38. The molecule has 0 spiro atoms. The number of fused-ring (bicyclic) bond motifs is 1. The molecule has 2 aromatic heterocycles. The lowest BCUT2D eigenvalue weighted by Crippen LogP contribution is -2.16. The van der Waals surface area contributed by atoms with Gasteiger partial charge in [0.2, 0.25) is 11.5 Å². The molecule has 2 aromatic carbocycles. The first-order valence-electron chi connectivity index (χ1n) is 9.53. The number of benzene rings is 2. The quantitative estimate of drug-likeness (QED) is 0.354. The Balaban J connectivity index is 1.54. The third-order valence-electron chi connectivity index (χ3n) is 4.97. The fourth-order valence-corrected chi connectivity index (χ4v) is 3.54. The third-order valence-corrected chi connectivity index (χ3v) is 4.97. The van der Waals surface area contributed by atoms with Crippen LogP contribution in [-0.2, 0) is 4.74 Å². The summed E-state index contributed by atoms with van der Waals surface area (Å²) in [7, 11) is 0. The van der Waals surface area contributed by atoms with Crippen molar-refractivity contribution in [1.82, 2.24) is 4.57 Å². The smallest absolute Gasteiger partial charge is 0.374 e. The summed E-state index contributed by atoms with van der Waals surface area (Å²) in [5.41, 5.74) is 2.16. The Morgan fingerprint density at radius 1 is 1.03 bits per heavy atom. The molecule has 0 fully saturated rings. The van der Waals surface area contributed by atoms with Crippen LogP contribution in [0.4, 0.5) is 4.39 Å². The summed E-state index contributed by atoms with van der Waals surface area (Å²) in [5.74, 6) is -1.99. The highest BCUT2D eigenvalue weighted by Crippen LogP contribution is 2.22. The molecule has 0 saturated carbocycles. The number of aryl methyl sites for hydroxylation is 1. The van der Waals surface area contributed by atoms with E-state index in [1.807, 2.05) is 0 Å². The first-order valence-corrected chi connectivity index (χ1v) is 9.53. The van der Waals surface area contributed by atoms with Gasteiger partial charge in [0.15, 0.2) is 12.0 Å². The summed E-state index contributed by atoms with van der Waals surface area (Å²) in [6.07, 6.45) is 0. The normalized spacial score (nSPS) is 10.9. The number of para-hydroxylation sites is 1. The molecule has 0 radical (unpaired) electrons. The minimum Gasteiger partial charge on any atom is -0.451 e. The fraction of sp³-hybridized carbons (Fsp3) is 0.125. The molecule has 2 heterocycles. The van der Waals surface area contributed by atoms with Gasteiger partial charge in [-0.2, -0.15) is 0 Å². The zero-order valence-electron chi connectivity index (χ0n) is 16.8. The van der Waals surface area contributed by atoms with Crippen LogP contribution in [-0.4, -0.2) is 22.9 Å². The first kappa shape index (κ1) is 20.3. The Morgan fingerprint density at radius 3 is 2.58 bits per heavy atom. The number of carbonyl (C=O) groups is 2. The number of rotatable bonds is 5. The first-order chi connectivity index (χ1) is 14.8. The maximum Gasteiger partial charge on any atom is 0.374 e. The highest BCUT2D eigenvalue weighted by Gasteiger charge is 2.20. The molecule has 156 valence electrons. The number of esters is 1. The van der Waals surface area contributed by atoms with Gasteiger partial charge in [-0.05, 0) is 50.2 Å². The lowest BCUT2D eigenvalue weighted by Gasteiger charge is -2.10. The molecule has 0 bridgehead atoms. The average molecular weight is 419 g/mol. The second-order valence-electron chi connectivity index (χ2n) is 7.07. The Hall–Kier alpha value is -4.00. The maximum atomic E-state index is 13.6. The summed E-state index contributed by atoms with van der Waals surface area (Å²) < 4.78 is 25.9. The van der Waals surface area contributed by atoms with Crippen LogP contribution < -0.4 is 5.43 Å². The van der Waals surface area contributed by atoms with Crippen LogP contribution in [0.3, 0.4) is 0 Å².